The van der Waals surface area contributed by atoms with E-state index in [1.54, 1.807) is 12.0 Å². The summed E-state index contributed by atoms with van der Waals surface area (Å²) in [6, 6.07) is 22.2. The van der Waals surface area contributed by atoms with E-state index in [0.29, 0.717) is 12.2 Å². The Morgan fingerprint density at radius 2 is 1.65 bits per heavy atom. The molecule has 0 saturated heterocycles. The van der Waals surface area contributed by atoms with E-state index in [0.717, 1.165) is 26.6 Å². The number of rotatable bonds is 9. The summed E-state index contributed by atoms with van der Waals surface area (Å²) in [6.07, 6.45) is 0.235. The molecule has 0 spiro atoms. The van der Waals surface area contributed by atoms with Crippen molar-refractivity contribution >= 4 is 40.2 Å². The average molecular weight is 491 g/mol. The van der Waals surface area contributed by atoms with E-state index in [4.69, 9.17) is 4.74 Å². The summed E-state index contributed by atoms with van der Waals surface area (Å²) in [5.41, 5.74) is 2.74. The maximum absolute atomic E-state index is 13.6. The van der Waals surface area contributed by atoms with E-state index in [9.17, 15) is 9.59 Å². The molecular weight excluding hydrogens is 464 g/mol. The number of carbonyl (C=O) groups excluding carboxylic acids is 2. The number of nitrogens with zero attached hydrogens (tertiary/aromatic N) is 1. The fourth-order valence-electron chi connectivity index (χ4n) is 3.64. The summed E-state index contributed by atoms with van der Waals surface area (Å²) >= 11 is 3.01. The van der Waals surface area contributed by atoms with Crippen LogP contribution in [0.5, 0.6) is 5.75 Å². The van der Waals surface area contributed by atoms with Crippen molar-refractivity contribution in [2.45, 2.75) is 25.9 Å². The largest absolute Gasteiger partial charge is 0.497 e. The van der Waals surface area contributed by atoms with Crippen molar-refractivity contribution < 1.29 is 14.3 Å². The summed E-state index contributed by atoms with van der Waals surface area (Å²) in [5, 5.41) is 6.92. The van der Waals surface area contributed by atoms with Crippen LogP contribution in [-0.2, 0) is 22.6 Å². The average Bonchev–Trinajstić information content (AvgIpc) is 3.56. The highest BCUT2D eigenvalue weighted by Gasteiger charge is 2.33. The second-order valence-corrected chi connectivity index (χ2v) is 9.85. The lowest BCUT2D eigenvalue weighted by Crippen LogP contribution is -2.44. The first-order chi connectivity index (χ1) is 16.5. The first kappa shape index (κ1) is 23.7. The third-order valence-corrected chi connectivity index (χ3v) is 7.23. The predicted octanol–water partition coefficient (Wildman–Crippen LogP) is 5.76. The van der Waals surface area contributed by atoms with Gasteiger partial charge in [-0.15, -0.1) is 22.7 Å². The van der Waals surface area contributed by atoms with E-state index in [1.165, 1.54) is 22.7 Å². The van der Waals surface area contributed by atoms with Gasteiger partial charge in [0.15, 0.2) is 0 Å². The number of methoxy groups -OCH3 is 1. The van der Waals surface area contributed by atoms with Crippen molar-refractivity contribution in [1.29, 1.82) is 0 Å². The van der Waals surface area contributed by atoms with Gasteiger partial charge in [0.2, 0.25) is 11.8 Å². The smallest absolute Gasteiger partial charge is 0.248 e. The number of carbonyl (C=O) groups is 2. The van der Waals surface area contributed by atoms with Gasteiger partial charge in [-0.05, 0) is 59.6 Å². The van der Waals surface area contributed by atoms with Gasteiger partial charge in [0, 0.05) is 22.0 Å². The Hall–Kier alpha value is -3.42. The molecule has 174 valence electrons. The van der Waals surface area contributed by atoms with Crippen molar-refractivity contribution in [2.75, 3.05) is 12.0 Å². The number of hydrogen-bond acceptors (Lipinski definition) is 5. The number of amides is 2. The van der Waals surface area contributed by atoms with E-state index in [2.05, 4.69) is 5.32 Å². The molecule has 0 aliphatic rings. The molecule has 0 saturated carbocycles. The van der Waals surface area contributed by atoms with Crippen LogP contribution < -0.4 is 15.0 Å². The molecule has 1 unspecified atom stereocenters. The molecule has 4 aromatic rings. The molecule has 0 aliphatic carbocycles. The zero-order chi connectivity index (χ0) is 23.9. The summed E-state index contributed by atoms with van der Waals surface area (Å²) in [6.45, 7) is 2.35. The van der Waals surface area contributed by atoms with Crippen molar-refractivity contribution in [1.82, 2.24) is 5.32 Å². The molecule has 1 N–H and O–H groups in total. The Kier molecular flexibility index (Phi) is 7.77. The number of anilines is 1. The zero-order valence-electron chi connectivity index (χ0n) is 19.1. The summed E-state index contributed by atoms with van der Waals surface area (Å²) < 4.78 is 5.21. The van der Waals surface area contributed by atoms with E-state index >= 15 is 0 Å². The monoisotopic (exact) mass is 490 g/mol. The fraction of sp³-hybridized carbons (Fsp3) is 0.185. The van der Waals surface area contributed by atoms with Gasteiger partial charge in [-0.3, -0.25) is 14.5 Å². The number of thiophene rings is 2. The number of nitrogens with one attached hydrogen (secondary N) is 1. The number of aryl methyl sites for hydroxylation is 1. The topological polar surface area (TPSA) is 58.6 Å². The summed E-state index contributed by atoms with van der Waals surface area (Å²) in [7, 11) is 1.62. The van der Waals surface area contributed by atoms with Crippen LogP contribution in [0.4, 0.5) is 5.69 Å². The van der Waals surface area contributed by atoms with Crippen molar-refractivity contribution in [2.24, 2.45) is 0 Å². The maximum Gasteiger partial charge on any atom is 0.248 e. The molecule has 0 bridgehead atoms. The van der Waals surface area contributed by atoms with Gasteiger partial charge in [0.25, 0.3) is 0 Å². The molecule has 0 fully saturated rings. The number of ether oxygens (including phenoxy) is 1. The molecule has 34 heavy (non-hydrogen) atoms. The van der Waals surface area contributed by atoms with Crippen LogP contribution in [0.15, 0.2) is 83.6 Å². The van der Waals surface area contributed by atoms with E-state index < -0.39 is 6.04 Å². The van der Waals surface area contributed by atoms with E-state index in [1.807, 2.05) is 90.5 Å². The van der Waals surface area contributed by atoms with Crippen LogP contribution in [0.2, 0.25) is 0 Å². The molecule has 5 nitrogen and oxygen atoms in total. The first-order valence-corrected chi connectivity index (χ1v) is 12.7. The number of hydrogen-bond donors (Lipinski definition) is 1. The van der Waals surface area contributed by atoms with Crippen LogP contribution in [0.3, 0.4) is 0 Å². The van der Waals surface area contributed by atoms with Gasteiger partial charge in [-0.1, -0.05) is 42.0 Å². The Morgan fingerprint density at radius 3 is 2.26 bits per heavy atom. The normalized spacial score (nSPS) is 11.6. The van der Waals surface area contributed by atoms with Gasteiger partial charge in [-0.2, -0.15) is 0 Å². The second kappa shape index (κ2) is 11.1. The molecule has 2 aromatic heterocycles. The molecule has 0 radical (unpaired) electrons. The lowest BCUT2D eigenvalue weighted by Gasteiger charge is -2.31. The maximum atomic E-state index is 13.6. The fourth-order valence-corrected chi connectivity index (χ4v) is 5.15. The molecule has 4 rings (SSSR count). The molecule has 2 amide bonds. The van der Waals surface area contributed by atoms with Crippen LogP contribution >= 0.6 is 22.7 Å². The standard InChI is InChI=1S/C27H26N2O3S2/c1-19-7-11-21(12-8-19)29(25(30)17-23-5-3-15-33-23)26(24-6-4-16-34-24)27(31)28-18-20-9-13-22(32-2)14-10-20/h3-16,26H,17-18H2,1-2H3,(H,28,31). The predicted molar refractivity (Wildman–Crippen MR) is 139 cm³/mol. The van der Waals surface area contributed by atoms with Crippen molar-refractivity contribution in [3.63, 3.8) is 0 Å². The molecule has 2 aromatic carbocycles. The molecular formula is C27H26N2O3S2. The first-order valence-electron chi connectivity index (χ1n) is 10.9. The molecule has 1 atom stereocenters. The zero-order valence-corrected chi connectivity index (χ0v) is 20.7. The van der Waals surface area contributed by atoms with Gasteiger partial charge >= 0.3 is 0 Å². The quantitative estimate of drug-likeness (QED) is 0.325. The van der Waals surface area contributed by atoms with E-state index in [-0.39, 0.29) is 18.2 Å². The highest BCUT2D eigenvalue weighted by Crippen LogP contribution is 2.32. The summed E-state index contributed by atoms with van der Waals surface area (Å²) in [5.74, 6) is 0.416. The third kappa shape index (κ3) is 5.73. The van der Waals surface area contributed by atoms with Crippen LogP contribution in [0.1, 0.15) is 26.9 Å². The minimum Gasteiger partial charge on any atom is -0.497 e. The van der Waals surface area contributed by atoms with Crippen molar-refractivity contribution in [3.05, 3.63) is 104 Å². The third-order valence-electron chi connectivity index (χ3n) is 5.43. The van der Waals surface area contributed by atoms with Crippen LogP contribution in [0.25, 0.3) is 0 Å². The number of benzene rings is 2. The summed E-state index contributed by atoms with van der Waals surface area (Å²) in [4.78, 5) is 30.6. The Morgan fingerprint density at radius 1 is 0.941 bits per heavy atom. The second-order valence-electron chi connectivity index (χ2n) is 7.84. The van der Waals surface area contributed by atoms with Gasteiger partial charge < -0.3 is 10.1 Å². The Labute approximate surface area is 207 Å². The Bertz CT molecular complexity index is 1200. The minimum absolute atomic E-state index is 0.121. The lowest BCUT2D eigenvalue weighted by atomic mass is 10.1. The lowest BCUT2D eigenvalue weighted by molar-refractivity contribution is -0.126. The van der Waals surface area contributed by atoms with Crippen molar-refractivity contribution in [3.8, 4) is 5.75 Å². The van der Waals surface area contributed by atoms with Crippen LogP contribution in [-0.4, -0.2) is 18.9 Å². The minimum atomic E-state index is -0.770. The van der Waals surface area contributed by atoms with Gasteiger partial charge in [0.1, 0.15) is 11.8 Å². The molecule has 2 heterocycles. The molecule has 0 aliphatic heterocycles. The van der Waals surface area contributed by atoms with Gasteiger partial charge in [0.05, 0.1) is 13.5 Å². The SMILES string of the molecule is COc1ccc(CNC(=O)C(c2cccs2)N(C(=O)Cc2cccs2)c2ccc(C)cc2)cc1. The highest BCUT2D eigenvalue weighted by molar-refractivity contribution is 7.10. The van der Waals surface area contributed by atoms with Gasteiger partial charge in [-0.25, -0.2) is 0 Å². The highest BCUT2D eigenvalue weighted by atomic mass is 32.1. The van der Waals surface area contributed by atoms with Crippen LogP contribution in [0, 0.1) is 6.92 Å². The molecule has 7 heteroatoms. The Balaban J connectivity index is 1.64.